The molecule has 1 heterocycles. The highest BCUT2D eigenvalue weighted by Crippen LogP contribution is 2.25. The second-order valence-corrected chi connectivity index (χ2v) is 5.19. The first kappa shape index (κ1) is 12.3. The molecule has 3 rings (SSSR count). The molecule has 0 aliphatic heterocycles. The lowest BCUT2D eigenvalue weighted by Crippen LogP contribution is -1.91. The fraction of sp³-hybridized carbons (Fsp3) is 0.0714. The van der Waals surface area contributed by atoms with Gasteiger partial charge in [-0.2, -0.15) is 0 Å². The van der Waals surface area contributed by atoms with E-state index in [1.165, 1.54) is 0 Å². The summed E-state index contributed by atoms with van der Waals surface area (Å²) < 4.78 is 0. The molecule has 5 heteroatoms. The Morgan fingerprint density at radius 2 is 1.95 bits per heavy atom. The topological polar surface area (TPSA) is 54.7 Å². The summed E-state index contributed by atoms with van der Waals surface area (Å²) in [5.41, 5.74) is 9.08. The van der Waals surface area contributed by atoms with Gasteiger partial charge in [-0.25, -0.2) is 4.98 Å². The summed E-state index contributed by atoms with van der Waals surface area (Å²) in [6.07, 6.45) is 0.630. The van der Waals surface area contributed by atoms with Crippen molar-refractivity contribution in [1.29, 1.82) is 0 Å². The number of halogens is 2. The summed E-state index contributed by atoms with van der Waals surface area (Å²) in [5, 5.41) is 1.33. The highest BCUT2D eigenvalue weighted by molar-refractivity contribution is 6.32. The largest absolute Gasteiger partial charge is 0.397 e. The number of aromatic nitrogens is 2. The Morgan fingerprint density at radius 3 is 2.74 bits per heavy atom. The Kier molecular flexibility index (Phi) is 3.09. The third kappa shape index (κ3) is 2.39. The number of nitrogen functional groups attached to an aromatic ring is 1. The zero-order valence-corrected chi connectivity index (χ0v) is 11.5. The monoisotopic (exact) mass is 291 g/mol. The summed E-state index contributed by atoms with van der Waals surface area (Å²) in [7, 11) is 0. The van der Waals surface area contributed by atoms with E-state index >= 15 is 0 Å². The number of nitrogens with one attached hydrogen (secondary N) is 1. The van der Waals surface area contributed by atoms with Crippen LogP contribution in [0.15, 0.2) is 36.4 Å². The number of nitrogens with zero attached hydrogens (tertiary/aromatic N) is 1. The number of rotatable bonds is 2. The number of benzene rings is 2. The van der Waals surface area contributed by atoms with Crippen LogP contribution in [-0.4, -0.2) is 9.97 Å². The van der Waals surface area contributed by atoms with E-state index in [-0.39, 0.29) is 0 Å². The summed E-state index contributed by atoms with van der Waals surface area (Å²) in [5.74, 6) is 0.817. The molecule has 19 heavy (non-hydrogen) atoms. The second-order valence-electron chi connectivity index (χ2n) is 4.34. The van der Waals surface area contributed by atoms with Gasteiger partial charge in [-0.1, -0.05) is 41.4 Å². The Hall–Kier alpha value is -1.71. The van der Waals surface area contributed by atoms with Gasteiger partial charge in [-0.15, -0.1) is 0 Å². The van der Waals surface area contributed by atoms with Crippen molar-refractivity contribution in [3.8, 4) is 0 Å². The first-order valence-corrected chi connectivity index (χ1v) is 6.56. The Balaban J connectivity index is 2.03. The van der Waals surface area contributed by atoms with E-state index < -0.39 is 0 Å². The number of anilines is 1. The van der Waals surface area contributed by atoms with Gasteiger partial charge in [-0.05, 0) is 23.8 Å². The van der Waals surface area contributed by atoms with Gasteiger partial charge >= 0.3 is 0 Å². The number of imidazole rings is 1. The highest BCUT2D eigenvalue weighted by Gasteiger charge is 2.09. The van der Waals surface area contributed by atoms with Crippen LogP contribution in [0.5, 0.6) is 0 Å². The van der Waals surface area contributed by atoms with Gasteiger partial charge in [-0.3, -0.25) is 0 Å². The summed E-state index contributed by atoms with van der Waals surface area (Å²) in [6.45, 7) is 0. The van der Waals surface area contributed by atoms with E-state index in [9.17, 15) is 0 Å². The quantitative estimate of drug-likeness (QED) is 0.700. The van der Waals surface area contributed by atoms with Crippen molar-refractivity contribution in [3.05, 3.63) is 57.8 Å². The molecule has 0 radical (unpaired) electrons. The van der Waals surface area contributed by atoms with Crippen LogP contribution in [0.2, 0.25) is 10.0 Å². The standard InChI is InChI=1S/C14H11Cl2N3/c15-9-6-11(17)14-12(7-9)18-13(19-14)5-8-3-1-2-4-10(8)16/h1-4,6-7H,5,17H2,(H,18,19). The Morgan fingerprint density at radius 1 is 1.16 bits per heavy atom. The number of hydrogen-bond donors (Lipinski definition) is 2. The average molecular weight is 292 g/mol. The van der Waals surface area contributed by atoms with Crippen LogP contribution in [0.3, 0.4) is 0 Å². The molecule has 0 bridgehead atoms. The van der Waals surface area contributed by atoms with Gasteiger partial charge in [0, 0.05) is 16.5 Å². The molecule has 0 saturated carbocycles. The van der Waals surface area contributed by atoms with Crippen molar-refractivity contribution in [3.63, 3.8) is 0 Å². The summed E-state index contributed by atoms with van der Waals surface area (Å²) >= 11 is 12.1. The maximum Gasteiger partial charge on any atom is 0.112 e. The molecule has 0 spiro atoms. The number of nitrogens with two attached hydrogens (primary N) is 1. The lowest BCUT2D eigenvalue weighted by atomic mass is 10.1. The Bertz CT molecular complexity index is 750. The second kappa shape index (κ2) is 4.76. The fourth-order valence-corrected chi connectivity index (χ4v) is 2.49. The average Bonchev–Trinajstić information content (AvgIpc) is 2.75. The van der Waals surface area contributed by atoms with E-state index in [4.69, 9.17) is 28.9 Å². The first-order chi connectivity index (χ1) is 9.13. The van der Waals surface area contributed by atoms with Gasteiger partial charge in [0.1, 0.15) is 11.3 Å². The molecule has 1 aromatic heterocycles. The predicted octanol–water partition coefficient (Wildman–Crippen LogP) is 4.04. The van der Waals surface area contributed by atoms with Crippen molar-refractivity contribution in [1.82, 2.24) is 9.97 Å². The molecule has 0 aliphatic rings. The van der Waals surface area contributed by atoms with Crippen molar-refractivity contribution in [2.45, 2.75) is 6.42 Å². The van der Waals surface area contributed by atoms with Crippen LogP contribution in [0.1, 0.15) is 11.4 Å². The van der Waals surface area contributed by atoms with Gasteiger partial charge in [0.05, 0.1) is 11.2 Å². The van der Waals surface area contributed by atoms with Gasteiger partial charge in [0.2, 0.25) is 0 Å². The van der Waals surface area contributed by atoms with Crippen LogP contribution in [0, 0.1) is 0 Å². The zero-order valence-electron chi connectivity index (χ0n) is 9.95. The first-order valence-electron chi connectivity index (χ1n) is 5.80. The van der Waals surface area contributed by atoms with Crippen LogP contribution in [0.4, 0.5) is 5.69 Å². The van der Waals surface area contributed by atoms with Crippen molar-refractivity contribution in [2.75, 3.05) is 5.73 Å². The molecule has 0 unspecified atom stereocenters. The minimum absolute atomic E-state index is 0.573. The molecule has 3 nitrogen and oxygen atoms in total. The fourth-order valence-electron chi connectivity index (χ4n) is 2.06. The molecule has 0 atom stereocenters. The van der Waals surface area contributed by atoms with E-state index in [2.05, 4.69) is 9.97 Å². The van der Waals surface area contributed by atoms with Crippen molar-refractivity contribution >= 4 is 39.9 Å². The van der Waals surface area contributed by atoms with Gasteiger partial charge in [0.15, 0.2) is 0 Å². The maximum absolute atomic E-state index is 6.14. The number of H-pyrrole nitrogens is 1. The SMILES string of the molecule is Nc1cc(Cl)cc2[nH]c(Cc3ccccc3Cl)nc12. The number of hydrogen-bond acceptors (Lipinski definition) is 2. The summed E-state index contributed by atoms with van der Waals surface area (Å²) in [4.78, 5) is 7.71. The van der Waals surface area contributed by atoms with Crippen LogP contribution < -0.4 is 5.73 Å². The third-order valence-corrected chi connectivity index (χ3v) is 3.53. The smallest absolute Gasteiger partial charge is 0.112 e. The molecular formula is C14H11Cl2N3. The van der Waals surface area contributed by atoms with E-state index in [1.807, 2.05) is 30.3 Å². The maximum atomic E-state index is 6.14. The number of fused-ring (bicyclic) bond motifs is 1. The molecule has 3 aromatic rings. The molecule has 0 amide bonds. The minimum atomic E-state index is 0.573. The van der Waals surface area contributed by atoms with Gasteiger partial charge < -0.3 is 10.7 Å². The van der Waals surface area contributed by atoms with Crippen LogP contribution in [0.25, 0.3) is 11.0 Å². The number of aromatic amines is 1. The van der Waals surface area contributed by atoms with E-state index in [0.717, 1.165) is 27.4 Å². The predicted molar refractivity (Wildman–Crippen MR) is 79.8 cm³/mol. The zero-order chi connectivity index (χ0) is 13.4. The highest BCUT2D eigenvalue weighted by atomic mass is 35.5. The molecule has 3 N–H and O–H groups in total. The molecular weight excluding hydrogens is 281 g/mol. The van der Waals surface area contributed by atoms with E-state index in [1.54, 1.807) is 6.07 Å². The molecule has 0 fully saturated rings. The molecule has 96 valence electrons. The lowest BCUT2D eigenvalue weighted by Gasteiger charge is -2.00. The van der Waals surface area contributed by atoms with Crippen LogP contribution in [-0.2, 0) is 6.42 Å². The summed E-state index contributed by atoms with van der Waals surface area (Å²) in [6, 6.07) is 11.2. The lowest BCUT2D eigenvalue weighted by molar-refractivity contribution is 1.04. The Labute approximate surface area is 120 Å². The van der Waals surface area contributed by atoms with Crippen molar-refractivity contribution in [2.24, 2.45) is 0 Å². The minimum Gasteiger partial charge on any atom is -0.397 e. The third-order valence-electron chi connectivity index (χ3n) is 2.95. The normalized spacial score (nSPS) is 11.1. The van der Waals surface area contributed by atoms with Gasteiger partial charge in [0.25, 0.3) is 0 Å². The molecule has 0 aliphatic carbocycles. The molecule has 0 saturated heterocycles. The van der Waals surface area contributed by atoms with E-state index in [0.29, 0.717) is 17.1 Å². The van der Waals surface area contributed by atoms with Crippen LogP contribution >= 0.6 is 23.2 Å². The van der Waals surface area contributed by atoms with Crippen molar-refractivity contribution < 1.29 is 0 Å². The molecule has 2 aromatic carbocycles.